The fourth-order valence-corrected chi connectivity index (χ4v) is 3.75. The van der Waals surface area contributed by atoms with Crippen LogP contribution in [-0.2, 0) is 20.1 Å². The Morgan fingerprint density at radius 2 is 1.83 bits per heavy atom. The number of rotatable bonds is 6. The van der Waals surface area contributed by atoms with E-state index in [1.165, 1.54) is 36.9 Å². The van der Waals surface area contributed by atoms with Crippen LogP contribution < -0.4 is 15.5 Å². The lowest BCUT2D eigenvalue weighted by molar-refractivity contribution is 0.726. The quantitative estimate of drug-likeness (QED) is 0.342. The van der Waals surface area contributed by atoms with Crippen molar-refractivity contribution < 1.29 is 0 Å². The third-order valence-electron chi connectivity index (χ3n) is 5.59. The van der Waals surface area contributed by atoms with Gasteiger partial charge in [-0.15, -0.1) is 24.0 Å². The summed E-state index contributed by atoms with van der Waals surface area (Å²) in [4.78, 5) is 11.8. The Hall–Kier alpha value is -1.84. The molecule has 30 heavy (non-hydrogen) atoms. The number of anilines is 1. The summed E-state index contributed by atoms with van der Waals surface area (Å²) in [5.41, 5.74) is 4.58. The van der Waals surface area contributed by atoms with Gasteiger partial charge in [-0.1, -0.05) is 18.9 Å². The molecule has 0 radical (unpaired) electrons. The van der Waals surface area contributed by atoms with Gasteiger partial charge < -0.3 is 15.5 Å². The van der Waals surface area contributed by atoms with Gasteiger partial charge in [0.1, 0.15) is 5.82 Å². The molecule has 0 amide bonds. The third-order valence-corrected chi connectivity index (χ3v) is 5.59. The summed E-state index contributed by atoms with van der Waals surface area (Å²) in [5.74, 6) is 1.90. The zero-order valence-corrected chi connectivity index (χ0v) is 21.1. The Morgan fingerprint density at radius 1 is 1.10 bits per heavy atom. The molecule has 0 aromatic carbocycles. The fourth-order valence-electron chi connectivity index (χ4n) is 3.75. The molecule has 3 heterocycles. The van der Waals surface area contributed by atoms with Crippen molar-refractivity contribution in [2.45, 2.75) is 59.5 Å². The standard InChI is InChI=1S/C22H35N7.HI/c1-5-23-22(26-16-20-17(2)27-28(4)18(20)3)25-15-19-10-11-21(24-14-19)29-12-8-6-7-9-13-29;/h10-11,14H,5-9,12-13,15-16H2,1-4H3,(H2,23,25,26);1H. The second kappa shape index (κ2) is 12.1. The minimum atomic E-state index is 0. The number of aliphatic imine (C=N–C) groups is 1. The first kappa shape index (κ1) is 24.4. The smallest absolute Gasteiger partial charge is 0.191 e. The second-order valence-corrected chi connectivity index (χ2v) is 7.75. The molecule has 0 saturated carbocycles. The summed E-state index contributed by atoms with van der Waals surface area (Å²) in [6, 6.07) is 4.29. The van der Waals surface area contributed by atoms with Gasteiger partial charge in [-0.2, -0.15) is 5.10 Å². The predicted octanol–water partition coefficient (Wildman–Crippen LogP) is 3.69. The number of hydrogen-bond donors (Lipinski definition) is 2. The van der Waals surface area contributed by atoms with E-state index in [1.54, 1.807) is 0 Å². The molecule has 0 aliphatic carbocycles. The van der Waals surface area contributed by atoms with Gasteiger partial charge in [-0.3, -0.25) is 4.68 Å². The maximum absolute atomic E-state index is 4.74. The second-order valence-electron chi connectivity index (χ2n) is 7.75. The first-order valence-electron chi connectivity index (χ1n) is 10.8. The Labute approximate surface area is 197 Å². The van der Waals surface area contributed by atoms with Crippen molar-refractivity contribution in [1.82, 2.24) is 25.4 Å². The normalized spacial score (nSPS) is 14.8. The molecular weight excluding hydrogens is 489 g/mol. The topological polar surface area (TPSA) is 70.4 Å². The number of hydrogen-bond acceptors (Lipinski definition) is 4. The number of guanidine groups is 1. The number of nitrogens with one attached hydrogen (secondary N) is 2. The molecule has 0 atom stereocenters. The van der Waals surface area contributed by atoms with Crippen LogP contribution in [-0.4, -0.2) is 40.4 Å². The summed E-state index contributed by atoms with van der Waals surface area (Å²) in [6.45, 7) is 10.6. The maximum Gasteiger partial charge on any atom is 0.191 e. The van der Waals surface area contributed by atoms with Crippen molar-refractivity contribution in [3.8, 4) is 0 Å². The summed E-state index contributed by atoms with van der Waals surface area (Å²) in [5, 5.41) is 11.2. The molecule has 166 valence electrons. The summed E-state index contributed by atoms with van der Waals surface area (Å²) in [7, 11) is 1.98. The SMILES string of the molecule is CCNC(=NCc1ccc(N2CCCCCC2)nc1)NCc1c(C)nn(C)c1C.I. The van der Waals surface area contributed by atoms with Crippen molar-refractivity contribution >= 4 is 35.8 Å². The summed E-state index contributed by atoms with van der Waals surface area (Å²) < 4.78 is 1.92. The van der Waals surface area contributed by atoms with Gasteiger partial charge in [0, 0.05) is 50.7 Å². The largest absolute Gasteiger partial charge is 0.357 e. The third kappa shape index (κ3) is 6.58. The van der Waals surface area contributed by atoms with E-state index in [2.05, 4.69) is 46.6 Å². The van der Waals surface area contributed by atoms with Gasteiger partial charge in [-0.25, -0.2) is 9.98 Å². The lowest BCUT2D eigenvalue weighted by Crippen LogP contribution is -2.37. The zero-order valence-electron chi connectivity index (χ0n) is 18.7. The minimum Gasteiger partial charge on any atom is -0.357 e. The molecule has 2 N–H and O–H groups in total. The highest BCUT2D eigenvalue weighted by Gasteiger charge is 2.11. The predicted molar refractivity (Wildman–Crippen MR) is 135 cm³/mol. The van der Waals surface area contributed by atoms with Crippen LogP contribution in [0.25, 0.3) is 0 Å². The number of halogens is 1. The molecule has 0 bridgehead atoms. The van der Waals surface area contributed by atoms with Gasteiger partial charge in [0.15, 0.2) is 5.96 Å². The summed E-state index contributed by atoms with van der Waals surface area (Å²) in [6.07, 6.45) is 7.16. The molecule has 0 unspecified atom stereocenters. The number of nitrogens with zero attached hydrogens (tertiary/aromatic N) is 5. The zero-order chi connectivity index (χ0) is 20.6. The van der Waals surface area contributed by atoms with E-state index in [-0.39, 0.29) is 24.0 Å². The molecular formula is C22H36IN7. The van der Waals surface area contributed by atoms with Crippen LogP contribution in [0.4, 0.5) is 5.82 Å². The Kier molecular flexibility index (Phi) is 9.87. The highest BCUT2D eigenvalue weighted by atomic mass is 127. The first-order valence-corrected chi connectivity index (χ1v) is 10.8. The molecule has 0 spiro atoms. The first-order chi connectivity index (χ1) is 14.1. The molecule has 2 aromatic heterocycles. The monoisotopic (exact) mass is 525 g/mol. The Bertz CT molecular complexity index is 806. The van der Waals surface area contributed by atoms with Crippen LogP contribution in [0.15, 0.2) is 23.3 Å². The molecule has 2 aromatic rings. The lowest BCUT2D eigenvalue weighted by Gasteiger charge is -2.21. The van der Waals surface area contributed by atoms with E-state index in [0.29, 0.717) is 13.1 Å². The van der Waals surface area contributed by atoms with Crippen molar-refractivity contribution in [1.29, 1.82) is 0 Å². The average molecular weight is 525 g/mol. The van der Waals surface area contributed by atoms with Crippen molar-refractivity contribution in [3.05, 3.63) is 40.8 Å². The number of aryl methyl sites for hydroxylation is 2. The highest BCUT2D eigenvalue weighted by Crippen LogP contribution is 2.17. The molecule has 1 aliphatic rings. The van der Waals surface area contributed by atoms with E-state index in [0.717, 1.165) is 42.7 Å². The molecule has 1 saturated heterocycles. The fraction of sp³-hybridized carbons (Fsp3) is 0.591. The molecule has 7 nitrogen and oxygen atoms in total. The maximum atomic E-state index is 4.74. The van der Waals surface area contributed by atoms with Crippen LogP contribution in [0.3, 0.4) is 0 Å². The van der Waals surface area contributed by atoms with Crippen LogP contribution in [0.2, 0.25) is 0 Å². The molecule has 8 heteroatoms. The van der Waals surface area contributed by atoms with E-state index < -0.39 is 0 Å². The highest BCUT2D eigenvalue weighted by molar-refractivity contribution is 14.0. The van der Waals surface area contributed by atoms with Crippen LogP contribution in [0.5, 0.6) is 0 Å². The molecule has 1 fully saturated rings. The number of pyridine rings is 1. The van der Waals surface area contributed by atoms with Crippen LogP contribution >= 0.6 is 24.0 Å². The van der Waals surface area contributed by atoms with E-state index in [1.807, 2.05) is 24.9 Å². The lowest BCUT2D eigenvalue weighted by atomic mass is 10.2. The Balaban J connectivity index is 0.00000320. The van der Waals surface area contributed by atoms with Crippen LogP contribution in [0.1, 0.15) is 55.1 Å². The van der Waals surface area contributed by atoms with E-state index in [9.17, 15) is 0 Å². The van der Waals surface area contributed by atoms with Gasteiger partial charge in [0.05, 0.1) is 12.2 Å². The Morgan fingerprint density at radius 3 is 2.40 bits per heavy atom. The number of aromatic nitrogens is 3. The molecule has 3 rings (SSSR count). The van der Waals surface area contributed by atoms with Gasteiger partial charge in [0.2, 0.25) is 0 Å². The average Bonchev–Trinajstić information content (AvgIpc) is 2.91. The minimum absolute atomic E-state index is 0. The van der Waals surface area contributed by atoms with E-state index >= 15 is 0 Å². The summed E-state index contributed by atoms with van der Waals surface area (Å²) >= 11 is 0. The van der Waals surface area contributed by atoms with Gasteiger partial charge >= 0.3 is 0 Å². The van der Waals surface area contributed by atoms with Crippen molar-refractivity contribution in [3.63, 3.8) is 0 Å². The van der Waals surface area contributed by atoms with Crippen molar-refractivity contribution in [2.24, 2.45) is 12.0 Å². The van der Waals surface area contributed by atoms with Gasteiger partial charge in [-0.05, 0) is 45.2 Å². The molecule has 1 aliphatic heterocycles. The van der Waals surface area contributed by atoms with Gasteiger partial charge in [0.25, 0.3) is 0 Å². The van der Waals surface area contributed by atoms with Crippen molar-refractivity contribution in [2.75, 3.05) is 24.5 Å². The van der Waals surface area contributed by atoms with Crippen LogP contribution in [0, 0.1) is 13.8 Å². The van der Waals surface area contributed by atoms with E-state index in [4.69, 9.17) is 9.98 Å².